The first kappa shape index (κ1) is 12.8. The van der Waals surface area contributed by atoms with Gasteiger partial charge in [-0.15, -0.1) is 0 Å². The number of halogens is 2. The van der Waals surface area contributed by atoms with Gasteiger partial charge in [0.05, 0.1) is 11.3 Å². The van der Waals surface area contributed by atoms with Crippen molar-refractivity contribution in [3.05, 3.63) is 53.1 Å². The second kappa shape index (κ2) is 4.94. The molecule has 2 rings (SSSR count). The smallest absolute Gasteiger partial charge is 0.152 e. The molecule has 3 N–H and O–H groups in total. The molecule has 0 aromatic heterocycles. The first-order valence-electron chi connectivity index (χ1n) is 5.54. The zero-order valence-corrected chi connectivity index (χ0v) is 10.2. The summed E-state index contributed by atoms with van der Waals surface area (Å²) >= 11 is 0. The van der Waals surface area contributed by atoms with E-state index in [1.807, 2.05) is 6.07 Å². The number of aryl methyl sites for hydroxylation is 1. The predicted octanol–water partition coefficient (Wildman–Crippen LogP) is 3.47. The van der Waals surface area contributed by atoms with Gasteiger partial charge in [-0.2, -0.15) is 5.26 Å². The molecule has 2 aromatic rings. The molecule has 0 aliphatic heterocycles. The summed E-state index contributed by atoms with van der Waals surface area (Å²) in [7, 11) is 0. The van der Waals surface area contributed by atoms with Crippen LogP contribution in [0, 0.1) is 29.9 Å². The van der Waals surface area contributed by atoms with Crippen LogP contribution in [0.4, 0.5) is 25.8 Å². The second-order valence-corrected chi connectivity index (χ2v) is 4.10. The molecule has 0 aliphatic carbocycles. The Hall–Kier alpha value is -2.61. The molecule has 0 radical (unpaired) electrons. The lowest BCUT2D eigenvalue weighted by atomic mass is 10.1. The maximum atomic E-state index is 13.9. The highest BCUT2D eigenvalue weighted by atomic mass is 19.1. The molecular formula is C14H11F2N3. The van der Waals surface area contributed by atoms with Gasteiger partial charge in [-0.1, -0.05) is 6.07 Å². The van der Waals surface area contributed by atoms with Crippen molar-refractivity contribution in [3.63, 3.8) is 0 Å². The Balaban J connectivity index is 2.48. The van der Waals surface area contributed by atoms with Crippen LogP contribution in [0.2, 0.25) is 0 Å². The van der Waals surface area contributed by atoms with Gasteiger partial charge in [0.15, 0.2) is 5.82 Å². The van der Waals surface area contributed by atoms with Crippen LogP contribution in [0.3, 0.4) is 0 Å². The van der Waals surface area contributed by atoms with E-state index >= 15 is 0 Å². The average molecular weight is 259 g/mol. The summed E-state index contributed by atoms with van der Waals surface area (Å²) in [6, 6.07) is 8.94. The third kappa shape index (κ3) is 2.47. The van der Waals surface area contributed by atoms with Crippen LogP contribution in [-0.4, -0.2) is 0 Å². The van der Waals surface area contributed by atoms with E-state index in [-0.39, 0.29) is 11.3 Å². The molecule has 0 saturated carbocycles. The lowest BCUT2D eigenvalue weighted by molar-refractivity contribution is 0.585. The number of nitrogen functional groups attached to an aromatic ring is 1. The van der Waals surface area contributed by atoms with Gasteiger partial charge < -0.3 is 11.1 Å². The number of nitrogens with zero attached hydrogens (tertiary/aromatic N) is 1. The van der Waals surface area contributed by atoms with Crippen molar-refractivity contribution in [1.82, 2.24) is 0 Å². The summed E-state index contributed by atoms with van der Waals surface area (Å²) in [6.45, 7) is 1.54. The number of nitrogens with two attached hydrogens (primary N) is 1. The molecule has 19 heavy (non-hydrogen) atoms. The molecule has 0 amide bonds. The summed E-state index contributed by atoms with van der Waals surface area (Å²) in [5.41, 5.74) is 6.53. The highest BCUT2D eigenvalue weighted by Gasteiger charge is 2.13. The Bertz CT molecular complexity index is 675. The molecule has 0 heterocycles. The largest absolute Gasteiger partial charge is 0.399 e. The summed E-state index contributed by atoms with van der Waals surface area (Å²) in [4.78, 5) is 0. The van der Waals surface area contributed by atoms with Crippen LogP contribution < -0.4 is 11.1 Å². The molecular weight excluding hydrogens is 248 g/mol. The zero-order valence-electron chi connectivity index (χ0n) is 10.2. The minimum absolute atomic E-state index is 0.223. The van der Waals surface area contributed by atoms with E-state index in [1.54, 1.807) is 6.07 Å². The van der Waals surface area contributed by atoms with Crippen molar-refractivity contribution in [2.75, 3.05) is 11.1 Å². The maximum absolute atomic E-state index is 13.9. The highest BCUT2D eigenvalue weighted by molar-refractivity contribution is 5.70. The Morgan fingerprint density at radius 3 is 2.63 bits per heavy atom. The fourth-order valence-electron chi connectivity index (χ4n) is 1.67. The Morgan fingerprint density at radius 1 is 1.21 bits per heavy atom. The van der Waals surface area contributed by atoms with Gasteiger partial charge in [-0.05, 0) is 36.8 Å². The van der Waals surface area contributed by atoms with Gasteiger partial charge in [0.2, 0.25) is 0 Å². The molecule has 0 saturated heterocycles. The van der Waals surface area contributed by atoms with Crippen molar-refractivity contribution < 1.29 is 8.78 Å². The van der Waals surface area contributed by atoms with Gasteiger partial charge in [0, 0.05) is 5.69 Å². The number of rotatable bonds is 2. The molecule has 3 nitrogen and oxygen atoms in total. The standard InChI is InChI=1S/C14H11F2N3/c1-8-2-4-11(15)14(13(8)16)19-12-5-3-10(18)6-9(12)7-17/h2-6,19H,18H2,1H3. The summed E-state index contributed by atoms with van der Waals surface area (Å²) in [6.07, 6.45) is 0. The van der Waals surface area contributed by atoms with Crippen molar-refractivity contribution in [2.24, 2.45) is 0 Å². The number of hydrogen-bond acceptors (Lipinski definition) is 3. The first-order valence-corrected chi connectivity index (χ1v) is 5.54. The Labute approximate surface area is 109 Å². The fraction of sp³-hybridized carbons (Fsp3) is 0.0714. The predicted molar refractivity (Wildman–Crippen MR) is 69.9 cm³/mol. The average Bonchev–Trinajstić information content (AvgIpc) is 2.40. The van der Waals surface area contributed by atoms with Gasteiger partial charge in [0.1, 0.15) is 17.6 Å². The SMILES string of the molecule is Cc1ccc(F)c(Nc2ccc(N)cc2C#N)c1F. The third-order valence-corrected chi connectivity index (χ3v) is 2.71. The fourth-order valence-corrected chi connectivity index (χ4v) is 1.67. The van der Waals surface area contributed by atoms with E-state index in [2.05, 4.69) is 5.32 Å². The van der Waals surface area contributed by atoms with E-state index in [0.717, 1.165) is 0 Å². The highest BCUT2D eigenvalue weighted by Crippen LogP contribution is 2.28. The molecule has 0 atom stereocenters. The van der Waals surface area contributed by atoms with Crippen LogP contribution in [0.25, 0.3) is 0 Å². The molecule has 96 valence electrons. The van der Waals surface area contributed by atoms with Crippen LogP contribution in [0.1, 0.15) is 11.1 Å². The topological polar surface area (TPSA) is 61.8 Å². The van der Waals surface area contributed by atoms with Gasteiger partial charge >= 0.3 is 0 Å². The minimum atomic E-state index is -0.719. The summed E-state index contributed by atoms with van der Waals surface area (Å²) < 4.78 is 27.5. The van der Waals surface area contributed by atoms with Gasteiger partial charge in [-0.25, -0.2) is 8.78 Å². The number of nitrogens with one attached hydrogen (secondary N) is 1. The number of nitriles is 1. The summed E-state index contributed by atoms with van der Waals surface area (Å²) in [5, 5.41) is 11.6. The number of hydrogen-bond donors (Lipinski definition) is 2. The first-order chi connectivity index (χ1) is 9.02. The van der Waals surface area contributed by atoms with Crippen LogP contribution in [0.5, 0.6) is 0 Å². The van der Waals surface area contributed by atoms with Crippen molar-refractivity contribution in [2.45, 2.75) is 6.92 Å². The van der Waals surface area contributed by atoms with Crippen LogP contribution in [0.15, 0.2) is 30.3 Å². The van der Waals surface area contributed by atoms with Gasteiger partial charge in [0.25, 0.3) is 0 Å². The van der Waals surface area contributed by atoms with E-state index in [1.165, 1.54) is 31.2 Å². The van der Waals surface area contributed by atoms with E-state index in [0.29, 0.717) is 16.9 Å². The molecule has 5 heteroatoms. The van der Waals surface area contributed by atoms with Crippen molar-refractivity contribution in [3.8, 4) is 6.07 Å². The third-order valence-electron chi connectivity index (χ3n) is 2.71. The minimum Gasteiger partial charge on any atom is -0.399 e. The number of anilines is 3. The zero-order chi connectivity index (χ0) is 14.0. The maximum Gasteiger partial charge on any atom is 0.152 e. The normalized spacial score (nSPS) is 10.0. The molecule has 0 spiro atoms. The Morgan fingerprint density at radius 2 is 1.95 bits per heavy atom. The Kier molecular flexibility index (Phi) is 3.34. The quantitative estimate of drug-likeness (QED) is 0.812. The molecule has 0 fully saturated rings. The second-order valence-electron chi connectivity index (χ2n) is 4.10. The van der Waals surface area contributed by atoms with Crippen LogP contribution >= 0.6 is 0 Å². The van der Waals surface area contributed by atoms with Crippen molar-refractivity contribution >= 4 is 17.1 Å². The molecule has 0 bridgehead atoms. The van der Waals surface area contributed by atoms with E-state index < -0.39 is 11.6 Å². The van der Waals surface area contributed by atoms with Gasteiger partial charge in [-0.3, -0.25) is 0 Å². The van der Waals surface area contributed by atoms with E-state index in [4.69, 9.17) is 11.0 Å². The summed E-state index contributed by atoms with van der Waals surface area (Å²) in [5.74, 6) is -1.40. The monoisotopic (exact) mass is 259 g/mol. The van der Waals surface area contributed by atoms with Crippen molar-refractivity contribution in [1.29, 1.82) is 5.26 Å². The lowest BCUT2D eigenvalue weighted by Gasteiger charge is -2.12. The van der Waals surface area contributed by atoms with Crippen LogP contribution in [-0.2, 0) is 0 Å². The molecule has 0 aliphatic rings. The van der Waals surface area contributed by atoms with E-state index in [9.17, 15) is 8.78 Å². The molecule has 0 unspecified atom stereocenters. The molecule has 2 aromatic carbocycles. The number of benzene rings is 2. The lowest BCUT2D eigenvalue weighted by Crippen LogP contribution is -2.01.